The lowest BCUT2D eigenvalue weighted by Gasteiger charge is -2.13. The number of aromatic nitrogens is 1. The van der Waals surface area contributed by atoms with Gasteiger partial charge in [-0.3, -0.25) is 13.8 Å². The third-order valence-corrected chi connectivity index (χ3v) is 7.08. The summed E-state index contributed by atoms with van der Waals surface area (Å²) in [6.07, 6.45) is 0. The van der Waals surface area contributed by atoms with Crippen molar-refractivity contribution in [2.24, 2.45) is 0 Å². The molecule has 2 aliphatic rings. The van der Waals surface area contributed by atoms with Gasteiger partial charge in [0.05, 0.1) is 33.8 Å². The van der Waals surface area contributed by atoms with E-state index in [1.165, 1.54) is 19.1 Å². The Morgan fingerprint density at radius 2 is 1.62 bits per heavy atom. The van der Waals surface area contributed by atoms with E-state index >= 15 is 0 Å². The van der Waals surface area contributed by atoms with Gasteiger partial charge in [-0.15, -0.1) is 0 Å². The quantitative estimate of drug-likeness (QED) is 0.381. The topological polar surface area (TPSA) is 123 Å². The third-order valence-electron chi connectivity index (χ3n) is 5.79. The molecule has 3 aromatic rings. The fourth-order valence-corrected chi connectivity index (χ4v) is 4.93. The summed E-state index contributed by atoms with van der Waals surface area (Å²) in [4.78, 5) is 30.4. The van der Waals surface area contributed by atoms with Crippen molar-refractivity contribution < 1.29 is 17.7 Å². The lowest BCUT2D eigenvalue weighted by Crippen LogP contribution is -2.32. The highest BCUT2D eigenvalue weighted by Gasteiger charge is 2.17. The van der Waals surface area contributed by atoms with Crippen molar-refractivity contribution >= 4 is 48.9 Å². The highest BCUT2D eigenvalue weighted by atomic mass is 32.2. The molecule has 3 aromatic carbocycles. The van der Waals surface area contributed by atoms with Gasteiger partial charge in [0.2, 0.25) is 0 Å². The van der Waals surface area contributed by atoms with E-state index in [9.17, 15) is 23.1 Å². The average molecular weight is 474 g/mol. The van der Waals surface area contributed by atoms with Crippen molar-refractivity contribution in [1.82, 2.24) is 4.98 Å². The SMILES string of the molecule is COS(=O)(=O)c1ccc(Nc2ccc3nc(=O)/c(=C(/C)O)c4c5ccccc5c(=O)c2c3=4)cc1. The lowest BCUT2D eigenvalue weighted by atomic mass is 9.97. The fourth-order valence-electron chi connectivity index (χ4n) is 4.27. The smallest absolute Gasteiger partial charge is 0.296 e. The Kier molecular flexibility index (Phi) is 4.96. The van der Waals surface area contributed by atoms with Gasteiger partial charge in [-0.1, -0.05) is 24.3 Å². The number of nitrogens with zero attached hydrogens (tertiary/aromatic N) is 1. The maximum absolute atomic E-state index is 13.6. The zero-order chi connectivity index (χ0) is 24.2. The summed E-state index contributed by atoms with van der Waals surface area (Å²) in [5.41, 5.74) is 0.509. The predicted molar refractivity (Wildman–Crippen MR) is 129 cm³/mol. The maximum atomic E-state index is 13.6. The van der Waals surface area contributed by atoms with Gasteiger partial charge in [-0.05, 0) is 48.7 Å². The summed E-state index contributed by atoms with van der Waals surface area (Å²) in [6, 6.07) is 16.1. The van der Waals surface area contributed by atoms with Gasteiger partial charge in [0.15, 0.2) is 5.43 Å². The molecule has 1 aliphatic heterocycles. The summed E-state index contributed by atoms with van der Waals surface area (Å²) in [6.45, 7) is 1.41. The number of rotatable bonds is 4. The molecule has 34 heavy (non-hydrogen) atoms. The van der Waals surface area contributed by atoms with Gasteiger partial charge in [-0.25, -0.2) is 4.98 Å². The minimum atomic E-state index is -3.83. The standard InChI is InChI=1S/C25H18N2O6S/c1-13(28)20-21-16-5-3-4-6-17(16)24(29)23-19(12-11-18(22(21)23)27-25(20)30)26-14-7-9-15(10-8-14)34(31,32)33-2/h3-12,26,28H,1-2H3/b20-13-. The Bertz CT molecular complexity index is 1930. The highest BCUT2D eigenvalue weighted by Crippen LogP contribution is 2.27. The molecule has 170 valence electrons. The van der Waals surface area contributed by atoms with Crippen LogP contribution in [0.25, 0.3) is 27.4 Å². The first-order valence-corrected chi connectivity index (χ1v) is 11.7. The fraction of sp³-hybridized carbons (Fsp3) is 0.0800. The molecule has 5 rings (SSSR count). The van der Waals surface area contributed by atoms with Crippen LogP contribution in [-0.4, -0.2) is 25.6 Å². The van der Waals surface area contributed by atoms with Crippen molar-refractivity contribution in [1.29, 1.82) is 0 Å². The first-order valence-electron chi connectivity index (χ1n) is 10.3. The second-order valence-corrected chi connectivity index (χ2v) is 9.49. The van der Waals surface area contributed by atoms with Crippen LogP contribution in [0.15, 0.2) is 75.1 Å². The molecule has 9 heteroatoms. The van der Waals surface area contributed by atoms with E-state index in [1.54, 1.807) is 48.5 Å². The van der Waals surface area contributed by atoms with Crippen LogP contribution in [0.4, 0.5) is 11.4 Å². The van der Waals surface area contributed by atoms with Crippen LogP contribution >= 0.6 is 0 Å². The zero-order valence-corrected chi connectivity index (χ0v) is 18.9. The molecule has 0 unspecified atom stereocenters. The predicted octanol–water partition coefficient (Wildman–Crippen LogP) is 2.75. The summed E-state index contributed by atoms with van der Waals surface area (Å²) >= 11 is 0. The molecule has 0 bridgehead atoms. The molecule has 0 amide bonds. The number of aliphatic hydroxyl groups excluding tert-OH is 1. The Morgan fingerprint density at radius 1 is 0.941 bits per heavy atom. The van der Waals surface area contributed by atoms with Crippen LogP contribution < -0.4 is 21.5 Å². The zero-order valence-electron chi connectivity index (χ0n) is 18.1. The molecular formula is C25H18N2O6S. The Labute approximate surface area is 192 Å². The molecule has 8 nitrogen and oxygen atoms in total. The normalized spacial score (nSPS) is 13.0. The third kappa shape index (κ3) is 3.25. The number of aliphatic hydroxyl groups is 1. The first kappa shape index (κ1) is 21.7. The number of hydrogen-bond donors (Lipinski definition) is 2. The molecule has 1 aliphatic carbocycles. The van der Waals surface area contributed by atoms with Crippen LogP contribution in [0.2, 0.25) is 0 Å². The number of hydrogen-bond acceptors (Lipinski definition) is 8. The van der Waals surface area contributed by atoms with E-state index in [-0.39, 0.29) is 21.3 Å². The highest BCUT2D eigenvalue weighted by molar-refractivity contribution is 7.86. The van der Waals surface area contributed by atoms with Gasteiger partial charge in [0.25, 0.3) is 15.7 Å². The largest absolute Gasteiger partial charge is 0.512 e. The summed E-state index contributed by atoms with van der Waals surface area (Å²) in [5.74, 6) is -0.183. The molecule has 0 fully saturated rings. The number of anilines is 2. The van der Waals surface area contributed by atoms with Crippen LogP contribution in [0, 0.1) is 10.4 Å². The molecule has 0 atom stereocenters. The van der Waals surface area contributed by atoms with Crippen LogP contribution in [0.3, 0.4) is 0 Å². The molecule has 2 N–H and O–H groups in total. The molecule has 0 radical (unpaired) electrons. The second kappa shape index (κ2) is 7.75. The Hall–Kier alpha value is -4.08. The Balaban J connectivity index is 1.88. The van der Waals surface area contributed by atoms with E-state index in [0.29, 0.717) is 43.5 Å². The van der Waals surface area contributed by atoms with E-state index in [4.69, 9.17) is 0 Å². The van der Waals surface area contributed by atoms with Crippen molar-refractivity contribution in [3.8, 4) is 0 Å². The summed E-state index contributed by atoms with van der Waals surface area (Å²) < 4.78 is 28.3. The monoisotopic (exact) mass is 474 g/mol. The first-order chi connectivity index (χ1) is 16.2. The summed E-state index contributed by atoms with van der Waals surface area (Å²) in [5, 5.41) is 15.7. The lowest BCUT2D eigenvalue weighted by molar-refractivity contribution is 0.398. The minimum Gasteiger partial charge on any atom is -0.512 e. The number of fused-ring (bicyclic) bond motifs is 2. The van der Waals surface area contributed by atoms with Gasteiger partial charge >= 0.3 is 0 Å². The summed E-state index contributed by atoms with van der Waals surface area (Å²) in [7, 11) is -2.74. The van der Waals surface area contributed by atoms with Crippen molar-refractivity contribution in [2.45, 2.75) is 11.8 Å². The second-order valence-electron chi connectivity index (χ2n) is 7.78. The van der Waals surface area contributed by atoms with E-state index in [0.717, 1.165) is 7.11 Å². The Morgan fingerprint density at radius 3 is 2.26 bits per heavy atom. The molecule has 0 spiro atoms. The van der Waals surface area contributed by atoms with E-state index in [2.05, 4.69) is 14.5 Å². The van der Waals surface area contributed by atoms with Crippen LogP contribution in [0.1, 0.15) is 6.92 Å². The van der Waals surface area contributed by atoms with Crippen LogP contribution in [0.5, 0.6) is 0 Å². The molecule has 0 aromatic heterocycles. The van der Waals surface area contributed by atoms with Gasteiger partial charge in [0.1, 0.15) is 5.76 Å². The molecule has 1 heterocycles. The van der Waals surface area contributed by atoms with E-state index in [1.807, 2.05) is 0 Å². The van der Waals surface area contributed by atoms with Crippen LogP contribution in [-0.2, 0) is 14.3 Å². The molecular weight excluding hydrogens is 456 g/mol. The van der Waals surface area contributed by atoms with Crippen molar-refractivity contribution in [3.05, 3.63) is 96.9 Å². The maximum Gasteiger partial charge on any atom is 0.296 e. The van der Waals surface area contributed by atoms with Gasteiger partial charge in [0, 0.05) is 21.5 Å². The van der Waals surface area contributed by atoms with Crippen molar-refractivity contribution in [2.75, 3.05) is 12.4 Å². The molecule has 0 saturated carbocycles. The van der Waals surface area contributed by atoms with E-state index < -0.39 is 15.7 Å². The molecule has 0 saturated heterocycles. The minimum absolute atomic E-state index is 0.00142. The van der Waals surface area contributed by atoms with Crippen molar-refractivity contribution in [3.63, 3.8) is 0 Å². The van der Waals surface area contributed by atoms with Gasteiger partial charge in [-0.2, -0.15) is 8.42 Å². The average Bonchev–Trinajstić information content (AvgIpc) is 2.82. The number of nitrogens with one attached hydrogen (secondary N) is 1. The van der Waals surface area contributed by atoms with Gasteiger partial charge < -0.3 is 10.4 Å². The number of benzene rings is 3.